The number of halogens is 1. The summed E-state index contributed by atoms with van der Waals surface area (Å²) in [4.78, 5) is 35.2. The molecule has 1 aliphatic heterocycles. The number of aromatic nitrogens is 2. The van der Waals surface area contributed by atoms with Crippen molar-refractivity contribution in [2.75, 3.05) is 23.3 Å². The van der Waals surface area contributed by atoms with Crippen LogP contribution in [-0.4, -0.2) is 35.0 Å². The Balaban J connectivity index is 1.35. The van der Waals surface area contributed by atoms with E-state index in [1.165, 1.54) is 18.8 Å². The average Bonchev–Trinajstić information content (AvgIpc) is 2.82. The molecule has 0 spiro atoms. The molecule has 32 heavy (non-hydrogen) atoms. The first-order valence-electron chi connectivity index (χ1n) is 10.3. The van der Waals surface area contributed by atoms with E-state index in [4.69, 9.17) is 16.3 Å². The highest BCUT2D eigenvalue weighted by Gasteiger charge is 2.19. The molecule has 0 bridgehead atoms. The van der Waals surface area contributed by atoms with E-state index in [-0.39, 0.29) is 6.01 Å². The molecule has 2 N–H and O–H groups in total. The van der Waals surface area contributed by atoms with Crippen molar-refractivity contribution in [2.24, 2.45) is 0 Å². The van der Waals surface area contributed by atoms with Crippen LogP contribution in [0.2, 0.25) is 5.02 Å². The number of nitrogens with one attached hydrogen (secondary N) is 2. The first-order valence-corrected chi connectivity index (χ1v) is 10.7. The zero-order chi connectivity index (χ0) is 22.3. The summed E-state index contributed by atoms with van der Waals surface area (Å²) in [6, 6.07) is 13.5. The second-order valence-electron chi connectivity index (χ2n) is 7.28. The van der Waals surface area contributed by atoms with E-state index in [1.54, 1.807) is 36.4 Å². The number of piperidine rings is 1. The van der Waals surface area contributed by atoms with Crippen LogP contribution in [0.1, 0.15) is 29.6 Å². The molecule has 8 nitrogen and oxygen atoms in total. The molecule has 164 valence electrons. The highest BCUT2D eigenvalue weighted by atomic mass is 35.5. The number of hydrogen-bond donors (Lipinski definition) is 2. The molecule has 1 fully saturated rings. The standard InChI is InChI=1S/C23H22ClN5O3/c24-16-14-25-23(26-15-16)32-18-10-8-17(9-11-18)27-22(31)28-21(30)19-6-2-3-7-20(19)29-12-4-1-5-13-29/h2-3,6-11,14-15H,1,4-5,12-13H2,(H2,27,28,30,31). The van der Waals surface area contributed by atoms with Gasteiger partial charge in [0.1, 0.15) is 5.75 Å². The highest BCUT2D eigenvalue weighted by Crippen LogP contribution is 2.24. The molecule has 0 atom stereocenters. The number of nitrogens with zero attached hydrogens (tertiary/aromatic N) is 3. The van der Waals surface area contributed by atoms with E-state index in [0.717, 1.165) is 31.6 Å². The van der Waals surface area contributed by atoms with Crippen LogP contribution in [0.3, 0.4) is 0 Å². The number of imide groups is 1. The van der Waals surface area contributed by atoms with E-state index in [1.807, 2.05) is 12.1 Å². The summed E-state index contributed by atoms with van der Waals surface area (Å²) in [5.74, 6) is 0.0494. The van der Waals surface area contributed by atoms with Gasteiger partial charge >= 0.3 is 12.0 Å². The summed E-state index contributed by atoms with van der Waals surface area (Å²) < 4.78 is 5.52. The molecule has 2 heterocycles. The van der Waals surface area contributed by atoms with Crippen LogP contribution in [0.4, 0.5) is 16.2 Å². The molecular weight excluding hydrogens is 430 g/mol. The molecule has 3 aromatic rings. The van der Waals surface area contributed by atoms with Gasteiger partial charge in [0, 0.05) is 24.5 Å². The molecule has 2 aromatic carbocycles. The van der Waals surface area contributed by atoms with E-state index < -0.39 is 11.9 Å². The molecule has 0 radical (unpaired) electrons. The van der Waals surface area contributed by atoms with Gasteiger partial charge in [0.2, 0.25) is 0 Å². The zero-order valence-electron chi connectivity index (χ0n) is 17.3. The number of carbonyl (C=O) groups is 2. The van der Waals surface area contributed by atoms with Gasteiger partial charge in [-0.15, -0.1) is 0 Å². The highest BCUT2D eigenvalue weighted by molar-refractivity contribution is 6.30. The van der Waals surface area contributed by atoms with Crippen molar-refractivity contribution in [3.05, 3.63) is 71.5 Å². The Kier molecular flexibility index (Phi) is 6.81. The van der Waals surface area contributed by atoms with Gasteiger partial charge in [-0.25, -0.2) is 14.8 Å². The third kappa shape index (κ3) is 5.53. The molecule has 0 aliphatic carbocycles. The number of carbonyl (C=O) groups excluding carboxylic acids is 2. The summed E-state index contributed by atoms with van der Waals surface area (Å²) in [6.07, 6.45) is 6.26. The fourth-order valence-corrected chi connectivity index (χ4v) is 3.57. The SMILES string of the molecule is O=C(NC(=O)c1ccccc1N1CCCCC1)Nc1ccc(Oc2ncc(Cl)cn2)cc1. The Morgan fingerprint density at radius 1 is 0.938 bits per heavy atom. The third-order valence-electron chi connectivity index (χ3n) is 4.99. The van der Waals surface area contributed by atoms with Gasteiger partial charge in [0.15, 0.2) is 0 Å². The number of anilines is 2. The minimum Gasteiger partial charge on any atom is -0.424 e. The summed E-state index contributed by atoms with van der Waals surface area (Å²) in [5, 5.41) is 5.47. The lowest BCUT2D eigenvalue weighted by molar-refractivity contribution is 0.0967. The molecule has 0 saturated carbocycles. The molecule has 3 amide bonds. The van der Waals surface area contributed by atoms with Gasteiger partial charge in [-0.2, -0.15) is 0 Å². The first kappa shape index (κ1) is 21.6. The predicted octanol–water partition coefficient (Wildman–Crippen LogP) is 4.87. The van der Waals surface area contributed by atoms with E-state index in [0.29, 0.717) is 22.0 Å². The van der Waals surface area contributed by atoms with E-state index >= 15 is 0 Å². The largest absolute Gasteiger partial charge is 0.424 e. The summed E-state index contributed by atoms with van der Waals surface area (Å²) in [7, 11) is 0. The van der Waals surface area contributed by atoms with Crippen molar-refractivity contribution in [1.29, 1.82) is 0 Å². The quantitative estimate of drug-likeness (QED) is 0.574. The summed E-state index contributed by atoms with van der Waals surface area (Å²) in [5.41, 5.74) is 1.84. The lowest BCUT2D eigenvalue weighted by atomic mass is 10.1. The Hall–Kier alpha value is -3.65. The van der Waals surface area contributed by atoms with Crippen molar-refractivity contribution in [1.82, 2.24) is 15.3 Å². The Bertz CT molecular complexity index is 1080. The van der Waals surface area contributed by atoms with Crippen LogP contribution in [-0.2, 0) is 0 Å². The first-order chi connectivity index (χ1) is 15.6. The van der Waals surface area contributed by atoms with Crippen LogP contribution in [0.25, 0.3) is 0 Å². The summed E-state index contributed by atoms with van der Waals surface area (Å²) >= 11 is 5.75. The zero-order valence-corrected chi connectivity index (χ0v) is 18.0. The third-order valence-corrected chi connectivity index (χ3v) is 5.19. The minimum atomic E-state index is -0.613. The Morgan fingerprint density at radius 3 is 2.34 bits per heavy atom. The average molecular weight is 452 g/mol. The molecule has 0 unspecified atom stereocenters. The fourth-order valence-electron chi connectivity index (χ4n) is 3.47. The second kappa shape index (κ2) is 10.1. The van der Waals surface area contributed by atoms with Gasteiger partial charge < -0.3 is 15.0 Å². The topological polar surface area (TPSA) is 96.5 Å². The number of rotatable bonds is 5. The molecule has 1 saturated heterocycles. The number of amides is 3. The maximum Gasteiger partial charge on any atom is 0.326 e. The fraction of sp³-hybridized carbons (Fsp3) is 0.217. The molecule has 4 rings (SSSR count). The molecular formula is C23H22ClN5O3. The lowest BCUT2D eigenvalue weighted by Gasteiger charge is -2.30. The maximum atomic E-state index is 12.7. The number of urea groups is 1. The maximum absolute atomic E-state index is 12.7. The monoisotopic (exact) mass is 451 g/mol. The normalized spacial score (nSPS) is 13.3. The van der Waals surface area contributed by atoms with Crippen LogP contribution in [0.5, 0.6) is 11.8 Å². The number of benzene rings is 2. The van der Waals surface area contributed by atoms with Crippen LogP contribution in [0.15, 0.2) is 60.9 Å². The minimum absolute atomic E-state index is 0.158. The molecule has 1 aromatic heterocycles. The van der Waals surface area contributed by atoms with Gasteiger partial charge in [-0.05, 0) is 55.7 Å². The number of para-hydroxylation sites is 1. The van der Waals surface area contributed by atoms with Crippen molar-refractivity contribution < 1.29 is 14.3 Å². The van der Waals surface area contributed by atoms with Crippen molar-refractivity contribution in [3.8, 4) is 11.8 Å². The summed E-state index contributed by atoms with van der Waals surface area (Å²) in [6.45, 7) is 1.82. The Labute approximate surface area is 190 Å². The van der Waals surface area contributed by atoms with Crippen LogP contribution < -0.4 is 20.3 Å². The van der Waals surface area contributed by atoms with Gasteiger partial charge in [0.05, 0.1) is 23.0 Å². The van der Waals surface area contributed by atoms with E-state index in [9.17, 15) is 9.59 Å². The number of ether oxygens (including phenoxy) is 1. The predicted molar refractivity (Wildman–Crippen MR) is 123 cm³/mol. The molecule has 9 heteroatoms. The van der Waals surface area contributed by atoms with Gasteiger partial charge in [-0.3, -0.25) is 10.1 Å². The Morgan fingerprint density at radius 2 is 1.62 bits per heavy atom. The molecule has 1 aliphatic rings. The van der Waals surface area contributed by atoms with Crippen molar-refractivity contribution in [3.63, 3.8) is 0 Å². The lowest BCUT2D eigenvalue weighted by Crippen LogP contribution is -2.36. The van der Waals surface area contributed by atoms with Crippen molar-refractivity contribution in [2.45, 2.75) is 19.3 Å². The smallest absolute Gasteiger partial charge is 0.326 e. The van der Waals surface area contributed by atoms with Crippen LogP contribution >= 0.6 is 11.6 Å². The second-order valence-corrected chi connectivity index (χ2v) is 7.72. The van der Waals surface area contributed by atoms with Crippen molar-refractivity contribution >= 4 is 34.9 Å². The van der Waals surface area contributed by atoms with E-state index in [2.05, 4.69) is 25.5 Å². The van der Waals surface area contributed by atoms with Gasteiger partial charge in [-0.1, -0.05) is 23.7 Å². The van der Waals surface area contributed by atoms with Crippen LogP contribution in [0, 0.1) is 0 Å². The van der Waals surface area contributed by atoms with Gasteiger partial charge in [0.25, 0.3) is 5.91 Å². The number of hydrogen-bond acceptors (Lipinski definition) is 6.